The van der Waals surface area contributed by atoms with Gasteiger partial charge in [0.25, 0.3) is 0 Å². The van der Waals surface area contributed by atoms with E-state index >= 15 is 0 Å². The van der Waals surface area contributed by atoms with E-state index in [9.17, 15) is 0 Å². The van der Waals surface area contributed by atoms with Gasteiger partial charge in [-0.15, -0.1) is 0 Å². The summed E-state index contributed by atoms with van der Waals surface area (Å²) in [5, 5.41) is 0. The molecule has 2 heteroatoms. The third-order valence-electron chi connectivity index (χ3n) is 3.88. The Kier molecular flexibility index (Phi) is 2.60. The van der Waals surface area contributed by atoms with E-state index in [1.54, 1.807) is 0 Å². The first kappa shape index (κ1) is 10.2. The van der Waals surface area contributed by atoms with Crippen molar-refractivity contribution < 1.29 is 4.74 Å². The first-order valence-corrected chi connectivity index (χ1v) is 6.29. The summed E-state index contributed by atoms with van der Waals surface area (Å²) in [4.78, 5) is 2.56. The molecule has 2 aliphatic rings. The second kappa shape index (κ2) is 4.10. The van der Waals surface area contributed by atoms with Crippen LogP contribution in [0.2, 0.25) is 0 Å². The van der Waals surface area contributed by atoms with E-state index in [-0.39, 0.29) is 0 Å². The van der Waals surface area contributed by atoms with Gasteiger partial charge in [0.1, 0.15) is 0 Å². The van der Waals surface area contributed by atoms with Gasteiger partial charge in [-0.2, -0.15) is 0 Å². The van der Waals surface area contributed by atoms with Crippen LogP contribution in [-0.4, -0.2) is 20.2 Å². The number of rotatable bonds is 1. The molecule has 16 heavy (non-hydrogen) atoms. The Labute approximate surface area is 97.2 Å². The van der Waals surface area contributed by atoms with Crippen molar-refractivity contribution in [3.8, 4) is 0 Å². The highest BCUT2D eigenvalue weighted by atomic mass is 16.5. The Balaban J connectivity index is 2.11. The normalized spacial score (nSPS) is 23.8. The summed E-state index contributed by atoms with van der Waals surface area (Å²) in [5.74, 6) is 0. The highest BCUT2D eigenvalue weighted by molar-refractivity contribution is 5.62. The molecule has 0 aliphatic carbocycles. The van der Waals surface area contributed by atoms with Crippen molar-refractivity contribution in [1.82, 2.24) is 0 Å². The summed E-state index contributed by atoms with van der Waals surface area (Å²) in [6.45, 7) is 2.38. The molecule has 0 saturated carbocycles. The van der Waals surface area contributed by atoms with Crippen LogP contribution >= 0.6 is 0 Å². The van der Waals surface area contributed by atoms with Gasteiger partial charge in [-0.1, -0.05) is 18.2 Å². The lowest BCUT2D eigenvalue weighted by atomic mass is 9.94. The number of anilines is 1. The van der Waals surface area contributed by atoms with Crippen LogP contribution < -0.4 is 4.90 Å². The molecular weight excluding hydrogens is 198 g/mol. The lowest BCUT2D eigenvalue weighted by Crippen LogP contribution is -2.32. The molecule has 2 aliphatic heterocycles. The van der Waals surface area contributed by atoms with Gasteiger partial charge >= 0.3 is 0 Å². The standard InChI is InChI=1S/C14H19NO/c1-16-13-8-10-15-9-3-2-5-11-6-4-7-12(13)14(11)15/h4,6-7,13H,2-3,5,8-10H2,1H3. The Hall–Kier alpha value is -1.02. The zero-order chi connectivity index (χ0) is 11.0. The fraction of sp³-hybridized carbons (Fsp3) is 0.571. The van der Waals surface area contributed by atoms with Gasteiger partial charge in [-0.25, -0.2) is 0 Å². The number of aryl methyl sites for hydroxylation is 1. The van der Waals surface area contributed by atoms with Crippen molar-refractivity contribution in [2.75, 3.05) is 25.1 Å². The fourth-order valence-electron chi connectivity index (χ4n) is 3.09. The molecule has 0 saturated heterocycles. The van der Waals surface area contributed by atoms with Crippen molar-refractivity contribution >= 4 is 5.69 Å². The van der Waals surface area contributed by atoms with E-state index in [0.717, 1.165) is 13.0 Å². The summed E-state index contributed by atoms with van der Waals surface area (Å²) in [7, 11) is 1.83. The third-order valence-corrected chi connectivity index (χ3v) is 3.88. The topological polar surface area (TPSA) is 12.5 Å². The molecule has 2 heterocycles. The molecule has 0 bridgehead atoms. The fourth-order valence-corrected chi connectivity index (χ4v) is 3.09. The number of benzene rings is 1. The van der Waals surface area contributed by atoms with Crippen LogP contribution in [0.4, 0.5) is 5.69 Å². The maximum Gasteiger partial charge on any atom is 0.0858 e. The van der Waals surface area contributed by atoms with Crippen LogP contribution in [0, 0.1) is 0 Å². The minimum atomic E-state index is 0.310. The zero-order valence-corrected chi connectivity index (χ0v) is 9.91. The monoisotopic (exact) mass is 217 g/mol. The van der Waals surface area contributed by atoms with E-state index in [0.29, 0.717) is 6.10 Å². The molecule has 86 valence electrons. The van der Waals surface area contributed by atoms with Gasteiger partial charge in [-0.3, -0.25) is 0 Å². The molecule has 0 fully saturated rings. The molecule has 1 aromatic rings. The number of ether oxygens (including phenoxy) is 1. The number of nitrogens with zero attached hydrogens (tertiary/aromatic N) is 1. The van der Waals surface area contributed by atoms with Crippen LogP contribution in [0.15, 0.2) is 18.2 Å². The predicted octanol–water partition coefficient (Wildman–Crippen LogP) is 2.92. The van der Waals surface area contributed by atoms with E-state index < -0.39 is 0 Å². The van der Waals surface area contributed by atoms with Gasteiger partial charge in [0.15, 0.2) is 0 Å². The van der Waals surface area contributed by atoms with Gasteiger partial charge in [-0.05, 0) is 31.2 Å². The summed E-state index contributed by atoms with van der Waals surface area (Å²) < 4.78 is 5.60. The largest absolute Gasteiger partial charge is 0.377 e. The molecule has 1 atom stereocenters. The summed E-state index contributed by atoms with van der Waals surface area (Å²) in [6.07, 6.45) is 5.32. The summed E-state index contributed by atoms with van der Waals surface area (Å²) in [5.41, 5.74) is 4.42. The molecule has 0 amide bonds. The first-order valence-electron chi connectivity index (χ1n) is 6.29. The molecule has 0 aromatic heterocycles. The quantitative estimate of drug-likeness (QED) is 0.717. The number of para-hydroxylation sites is 1. The van der Waals surface area contributed by atoms with Crippen LogP contribution in [0.25, 0.3) is 0 Å². The van der Waals surface area contributed by atoms with E-state index in [1.165, 1.54) is 42.6 Å². The molecule has 2 nitrogen and oxygen atoms in total. The van der Waals surface area contributed by atoms with Crippen LogP contribution in [0.5, 0.6) is 0 Å². The molecule has 1 unspecified atom stereocenters. The Morgan fingerprint density at radius 3 is 3.06 bits per heavy atom. The summed E-state index contributed by atoms with van der Waals surface area (Å²) >= 11 is 0. The maximum atomic E-state index is 5.60. The third kappa shape index (κ3) is 1.52. The van der Waals surface area contributed by atoms with Crippen molar-refractivity contribution in [2.24, 2.45) is 0 Å². The second-order valence-corrected chi connectivity index (χ2v) is 4.81. The highest BCUT2D eigenvalue weighted by Crippen LogP contribution is 2.39. The predicted molar refractivity (Wildman–Crippen MR) is 66.0 cm³/mol. The van der Waals surface area contributed by atoms with Crippen molar-refractivity contribution in [1.29, 1.82) is 0 Å². The highest BCUT2D eigenvalue weighted by Gasteiger charge is 2.27. The van der Waals surface area contributed by atoms with E-state index in [1.807, 2.05) is 7.11 Å². The Morgan fingerprint density at radius 1 is 1.25 bits per heavy atom. The smallest absolute Gasteiger partial charge is 0.0858 e. The molecular formula is C14H19NO. The second-order valence-electron chi connectivity index (χ2n) is 4.81. The molecule has 0 radical (unpaired) electrons. The van der Waals surface area contributed by atoms with Gasteiger partial charge in [0.05, 0.1) is 6.10 Å². The average molecular weight is 217 g/mol. The molecule has 3 rings (SSSR count). The first-order chi connectivity index (χ1) is 7.90. The van der Waals surface area contributed by atoms with Crippen molar-refractivity contribution in [2.45, 2.75) is 31.8 Å². The van der Waals surface area contributed by atoms with E-state index in [4.69, 9.17) is 4.74 Å². The number of methoxy groups -OCH3 is 1. The lowest BCUT2D eigenvalue weighted by molar-refractivity contribution is 0.0937. The summed E-state index contributed by atoms with van der Waals surface area (Å²) in [6, 6.07) is 6.72. The minimum absolute atomic E-state index is 0.310. The molecule has 1 aromatic carbocycles. The molecule has 0 spiro atoms. The van der Waals surface area contributed by atoms with Gasteiger partial charge in [0, 0.05) is 31.5 Å². The molecule has 0 N–H and O–H groups in total. The average Bonchev–Trinajstić information content (AvgIpc) is 2.54. The number of hydrogen-bond donors (Lipinski definition) is 0. The Morgan fingerprint density at radius 2 is 2.19 bits per heavy atom. The van der Waals surface area contributed by atoms with Crippen molar-refractivity contribution in [3.05, 3.63) is 29.3 Å². The van der Waals surface area contributed by atoms with Crippen molar-refractivity contribution in [3.63, 3.8) is 0 Å². The minimum Gasteiger partial charge on any atom is -0.377 e. The van der Waals surface area contributed by atoms with Gasteiger partial charge < -0.3 is 9.64 Å². The van der Waals surface area contributed by atoms with Crippen LogP contribution in [0.3, 0.4) is 0 Å². The Bertz CT molecular complexity index is 388. The van der Waals surface area contributed by atoms with Crippen LogP contribution in [-0.2, 0) is 11.2 Å². The number of hydrogen-bond acceptors (Lipinski definition) is 2. The zero-order valence-electron chi connectivity index (χ0n) is 9.91. The van der Waals surface area contributed by atoms with Crippen LogP contribution in [0.1, 0.15) is 36.5 Å². The maximum absolute atomic E-state index is 5.60. The van der Waals surface area contributed by atoms with Gasteiger partial charge in [0.2, 0.25) is 0 Å². The van der Waals surface area contributed by atoms with E-state index in [2.05, 4.69) is 23.1 Å². The lowest BCUT2D eigenvalue weighted by Gasteiger charge is -2.35. The SMILES string of the molecule is COC1CCN2CCCCc3cccc1c32.